The van der Waals surface area contributed by atoms with Crippen molar-refractivity contribution in [1.82, 2.24) is 24.3 Å². The second kappa shape index (κ2) is 6.67. The maximum atomic E-state index is 12.6. The van der Waals surface area contributed by atoms with Gasteiger partial charge in [-0.15, -0.1) is 0 Å². The van der Waals surface area contributed by atoms with Gasteiger partial charge in [-0.1, -0.05) is 0 Å². The van der Waals surface area contributed by atoms with Gasteiger partial charge >= 0.3 is 0 Å². The third-order valence-corrected chi connectivity index (χ3v) is 3.84. The third kappa shape index (κ3) is 3.15. The molecule has 0 atom stereocenters. The molecule has 0 spiro atoms. The monoisotopic (exact) mass is 301 g/mol. The quantitative estimate of drug-likeness (QED) is 0.861. The second-order valence-electron chi connectivity index (χ2n) is 5.23. The van der Waals surface area contributed by atoms with E-state index >= 15 is 0 Å². The zero-order valence-electron chi connectivity index (χ0n) is 12.3. The summed E-state index contributed by atoms with van der Waals surface area (Å²) in [7, 11) is 0. The van der Waals surface area contributed by atoms with Crippen molar-refractivity contribution in [2.45, 2.75) is 0 Å². The summed E-state index contributed by atoms with van der Waals surface area (Å²) < 4.78 is 1.77. The van der Waals surface area contributed by atoms with Crippen molar-refractivity contribution >= 4 is 5.91 Å². The maximum Gasteiger partial charge on any atom is 0.254 e. The van der Waals surface area contributed by atoms with Gasteiger partial charge in [-0.25, -0.2) is 9.97 Å². The lowest BCUT2D eigenvalue weighted by atomic mass is 10.2. The lowest BCUT2D eigenvalue weighted by Crippen LogP contribution is -2.49. The fourth-order valence-electron chi connectivity index (χ4n) is 2.59. The van der Waals surface area contributed by atoms with Crippen molar-refractivity contribution in [3.05, 3.63) is 42.6 Å². The summed E-state index contributed by atoms with van der Waals surface area (Å²) in [5.74, 6) is 0.703. The molecule has 1 aliphatic rings. The number of imidazole rings is 1. The molecule has 22 heavy (non-hydrogen) atoms. The lowest BCUT2D eigenvalue weighted by Gasteiger charge is -2.34. The molecule has 2 aromatic heterocycles. The summed E-state index contributed by atoms with van der Waals surface area (Å²) in [4.78, 5) is 24.9. The highest BCUT2D eigenvalue weighted by atomic mass is 16.3. The van der Waals surface area contributed by atoms with Crippen LogP contribution in [0.4, 0.5) is 0 Å². The standard InChI is InChI=1S/C15H19N5O2/c21-10-9-18-5-7-19(8-6-18)15(22)13-1-2-17-14(11-13)20-4-3-16-12-20/h1-4,11-12,21H,5-10H2. The van der Waals surface area contributed by atoms with Crippen LogP contribution in [0.25, 0.3) is 5.82 Å². The Kier molecular flexibility index (Phi) is 4.45. The van der Waals surface area contributed by atoms with E-state index in [1.807, 2.05) is 4.90 Å². The summed E-state index contributed by atoms with van der Waals surface area (Å²) in [6.07, 6.45) is 6.77. The van der Waals surface area contributed by atoms with Crippen LogP contribution in [0.5, 0.6) is 0 Å². The smallest absolute Gasteiger partial charge is 0.254 e. The van der Waals surface area contributed by atoms with Crippen LogP contribution in [0.3, 0.4) is 0 Å². The summed E-state index contributed by atoms with van der Waals surface area (Å²) >= 11 is 0. The third-order valence-electron chi connectivity index (χ3n) is 3.84. The van der Waals surface area contributed by atoms with Crippen molar-refractivity contribution < 1.29 is 9.90 Å². The van der Waals surface area contributed by atoms with Crippen LogP contribution in [0.2, 0.25) is 0 Å². The second-order valence-corrected chi connectivity index (χ2v) is 5.23. The minimum absolute atomic E-state index is 0.0208. The van der Waals surface area contributed by atoms with Gasteiger partial charge in [0.1, 0.15) is 12.1 Å². The van der Waals surface area contributed by atoms with E-state index < -0.39 is 0 Å². The molecule has 3 rings (SSSR count). The van der Waals surface area contributed by atoms with E-state index in [2.05, 4.69) is 14.9 Å². The molecule has 1 amide bonds. The highest BCUT2D eigenvalue weighted by Crippen LogP contribution is 2.11. The number of carbonyl (C=O) groups excluding carboxylic acids is 1. The molecule has 2 aromatic rings. The number of rotatable bonds is 4. The van der Waals surface area contributed by atoms with Crippen molar-refractivity contribution in [2.75, 3.05) is 39.3 Å². The van der Waals surface area contributed by atoms with E-state index in [0.29, 0.717) is 31.0 Å². The van der Waals surface area contributed by atoms with Crippen LogP contribution >= 0.6 is 0 Å². The fraction of sp³-hybridized carbons (Fsp3) is 0.400. The predicted molar refractivity (Wildman–Crippen MR) is 80.8 cm³/mol. The molecule has 1 aliphatic heterocycles. The highest BCUT2D eigenvalue weighted by molar-refractivity contribution is 5.94. The van der Waals surface area contributed by atoms with Gasteiger partial charge < -0.3 is 10.0 Å². The van der Waals surface area contributed by atoms with Gasteiger partial charge in [0.25, 0.3) is 5.91 Å². The predicted octanol–water partition coefficient (Wildman–Crippen LogP) is 0.0174. The largest absolute Gasteiger partial charge is 0.395 e. The minimum Gasteiger partial charge on any atom is -0.395 e. The zero-order chi connectivity index (χ0) is 15.4. The number of nitrogens with zero attached hydrogens (tertiary/aromatic N) is 5. The number of β-amino-alcohol motifs (C(OH)–C–C–N with tert-alkyl or cyclic N) is 1. The van der Waals surface area contributed by atoms with Gasteiger partial charge in [0.15, 0.2) is 0 Å². The minimum atomic E-state index is 0.0208. The van der Waals surface area contributed by atoms with Gasteiger partial charge in [0, 0.05) is 56.9 Å². The van der Waals surface area contributed by atoms with E-state index in [0.717, 1.165) is 13.1 Å². The highest BCUT2D eigenvalue weighted by Gasteiger charge is 2.22. The average molecular weight is 301 g/mol. The molecule has 7 nitrogen and oxygen atoms in total. The van der Waals surface area contributed by atoms with E-state index in [9.17, 15) is 4.79 Å². The molecule has 3 heterocycles. The van der Waals surface area contributed by atoms with Crippen molar-refractivity contribution in [3.8, 4) is 5.82 Å². The fourth-order valence-corrected chi connectivity index (χ4v) is 2.59. The normalized spacial score (nSPS) is 16.0. The Balaban J connectivity index is 1.69. The molecule has 1 fully saturated rings. The first kappa shape index (κ1) is 14.7. The summed E-state index contributed by atoms with van der Waals surface area (Å²) in [6.45, 7) is 3.79. The molecule has 0 radical (unpaired) electrons. The number of aliphatic hydroxyl groups is 1. The molecule has 1 N–H and O–H groups in total. The molecule has 116 valence electrons. The summed E-state index contributed by atoms with van der Waals surface area (Å²) in [6, 6.07) is 3.52. The number of amides is 1. The topological polar surface area (TPSA) is 74.5 Å². The average Bonchev–Trinajstić information content (AvgIpc) is 3.10. The first-order chi connectivity index (χ1) is 10.8. The van der Waals surface area contributed by atoms with Crippen LogP contribution in [0.1, 0.15) is 10.4 Å². The summed E-state index contributed by atoms with van der Waals surface area (Å²) in [5, 5.41) is 8.96. The molecule has 0 aromatic carbocycles. The van der Waals surface area contributed by atoms with Gasteiger partial charge in [0.2, 0.25) is 0 Å². The lowest BCUT2D eigenvalue weighted by molar-refractivity contribution is 0.0615. The Bertz CT molecular complexity index is 621. The van der Waals surface area contributed by atoms with Gasteiger partial charge in [0.05, 0.1) is 6.61 Å². The Labute approximate surface area is 128 Å². The Morgan fingerprint density at radius 3 is 2.73 bits per heavy atom. The maximum absolute atomic E-state index is 12.6. The van der Waals surface area contributed by atoms with Crippen LogP contribution in [0.15, 0.2) is 37.1 Å². The number of aromatic nitrogens is 3. The van der Waals surface area contributed by atoms with E-state index in [-0.39, 0.29) is 12.5 Å². The number of carbonyl (C=O) groups is 1. The molecule has 7 heteroatoms. The number of hydrogen-bond acceptors (Lipinski definition) is 5. The molecular weight excluding hydrogens is 282 g/mol. The first-order valence-electron chi connectivity index (χ1n) is 7.35. The number of aliphatic hydroxyl groups excluding tert-OH is 1. The van der Waals surface area contributed by atoms with Gasteiger partial charge in [-0.05, 0) is 12.1 Å². The van der Waals surface area contributed by atoms with Crippen LogP contribution in [-0.4, -0.2) is 74.7 Å². The van der Waals surface area contributed by atoms with Crippen molar-refractivity contribution in [1.29, 1.82) is 0 Å². The molecule has 0 aliphatic carbocycles. The van der Waals surface area contributed by atoms with Gasteiger partial charge in [-0.2, -0.15) is 0 Å². The molecule has 0 bridgehead atoms. The molecule has 0 saturated carbocycles. The summed E-state index contributed by atoms with van der Waals surface area (Å²) in [5.41, 5.74) is 0.634. The molecule has 0 unspecified atom stereocenters. The molecular formula is C15H19N5O2. The van der Waals surface area contributed by atoms with E-state index in [1.165, 1.54) is 0 Å². The number of pyridine rings is 1. The molecule has 1 saturated heterocycles. The number of hydrogen-bond donors (Lipinski definition) is 1. The Morgan fingerprint density at radius 2 is 2.05 bits per heavy atom. The SMILES string of the molecule is O=C(c1ccnc(-n2ccnc2)c1)N1CCN(CCO)CC1. The van der Waals surface area contributed by atoms with E-state index in [4.69, 9.17) is 5.11 Å². The Hall–Kier alpha value is -2.25. The van der Waals surface area contributed by atoms with Crippen molar-refractivity contribution in [3.63, 3.8) is 0 Å². The Morgan fingerprint density at radius 1 is 1.23 bits per heavy atom. The zero-order valence-corrected chi connectivity index (χ0v) is 12.3. The van der Waals surface area contributed by atoms with Crippen LogP contribution in [-0.2, 0) is 0 Å². The van der Waals surface area contributed by atoms with E-state index in [1.54, 1.807) is 41.6 Å². The van der Waals surface area contributed by atoms with Crippen LogP contribution in [0, 0.1) is 0 Å². The van der Waals surface area contributed by atoms with Crippen LogP contribution < -0.4 is 0 Å². The van der Waals surface area contributed by atoms with Crippen molar-refractivity contribution in [2.24, 2.45) is 0 Å². The van der Waals surface area contributed by atoms with Gasteiger partial charge in [-0.3, -0.25) is 14.3 Å². The first-order valence-corrected chi connectivity index (χ1v) is 7.35. The number of piperazine rings is 1.